The minimum atomic E-state index is 0.495. The van der Waals surface area contributed by atoms with Gasteiger partial charge in [0.25, 0.3) is 0 Å². The summed E-state index contributed by atoms with van der Waals surface area (Å²) in [7, 11) is 0. The lowest BCUT2D eigenvalue weighted by atomic mass is 9.83. The summed E-state index contributed by atoms with van der Waals surface area (Å²) in [6.07, 6.45) is 2.49. The van der Waals surface area contributed by atoms with Crippen molar-refractivity contribution in [3.8, 4) is 0 Å². The van der Waals surface area contributed by atoms with Crippen LogP contribution in [0.2, 0.25) is 0 Å². The molecule has 0 saturated carbocycles. The molecule has 0 radical (unpaired) electrons. The van der Waals surface area contributed by atoms with Crippen LogP contribution in [0.5, 0.6) is 0 Å². The first kappa shape index (κ1) is 12.1. The van der Waals surface area contributed by atoms with Crippen LogP contribution in [0.1, 0.15) is 47.2 Å². The molecule has 82 valence electrons. The van der Waals surface area contributed by atoms with Crippen molar-refractivity contribution in [3.05, 3.63) is 31.7 Å². The van der Waals surface area contributed by atoms with Gasteiger partial charge in [-0.15, -0.1) is 0 Å². The monoisotopic (exact) mass is 394 g/mol. The van der Waals surface area contributed by atoms with Gasteiger partial charge < -0.3 is 0 Å². The van der Waals surface area contributed by atoms with Gasteiger partial charge in [-0.25, -0.2) is 0 Å². The third-order valence-corrected chi connectivity index (χ3v) is 5.76. The van der Waals surface area contributed by atoms with Gasteiger partial charge in [-0.2, -0.15) is 0 Å². The molecule has 1 aliphatic carbocycles. The third-order valence-electron chi connectivity index (χ3n) is 3.13. The van der Waals surface area contributed by atoms with Crippen molar-refractivity contribution in [1.29, 1.82) is 0 Å². The lowest BCUT2D eigenvalue weighted by Gasteiger charge is -2.29. The average molecular weight is 397 g/mol. The average Bonchev–Trinajstić information content (AvgIpc) is 2.18. The first-order chi connectivity index (χ1) is 7.02. The second kappa shape index (κ2) is 4.50. The van der Waals surface area contributed by atoms with Crippen LogP contribution in [0.25, 0.3) is 0 Å². The standard InChI is InChI=1S/C12H13Br3/c1-6-3-4-8(13)11-10(6)9(14)5-7(2)12(11)15/h5-6,8H,3-4H2,1-2H3. The summed E-state index contributed by atoms with van der Waals surface area (Å²) < 4.78 is 2.53. The number of aryl methyl sites for hydroxylation is 1. The summed E-state index contributed by atoms with van der Waals surface area (Å²) in [5.41, 5.74) is 4.22. The van der Waals surface area contributed by atoms with Crippen molar-refractivity contribution >= 4 is 47.8 Å². The number of alkyl halides is 1. The van der Waals surface area contributed by atoms with E-state index in [0.29, 0.717) is 10.7 Å². The van der Waals surface area contributed by atoms with E-state index in [2.05, 4.69) is 67.7 Å². The molecule has 1 aromatic carbocycles. The molecule has 1 aliphatic rings. The summed E-state index contributed by atoms with van der Waals surface area (Å²) in [6, 6.07) is 2.21. The molecule has 0 aromatic heterocycles. The Morgan fingerprint density at radius 2 is 1.87 bits per heavy atom. The van der Waals surface area contributed by atoms with E-state index in [0.717, 1.165) is 0 Å². The Hall–Kier alpha value is 0.660. The van der Waals surface area contributed by atoms with E-state index in [1.165, 1.54) is 38.5 Å². The molecular weight excluding hydrogens is 384 g/mol. The van der Waals surface area contributed by atoms with Crippen LogP contribution >= 0.6 is 47.8 Å². The lowest BCUT2D eigenvalue weighted by molar-refractivity contribution is 0.582. The fourth-order valence-corrected chi connectivity index (χ4v) is 4.88. The van der Waals surface area contributed by atoms with Crippen LogP contribution in [0.4, 0.5) is 0 Å². The summed E-state index contributed by atoms with van der Waals surface area (Å²) in [4.78, 5) is 0.495. The highest BCUT2D eigenvalue weighted by Gasteiger charge is 2.27. The van der Waals surface area contributed by atoms with Gasteiger partial charge in [0.1, 0.15) is 0 Å². The number of rotatable bonds is 0. The van der Waals surface area contributed by atoms with Gasteiger partial charge in [-0.05, 0) is 48.4 Å². The second-order valence-corrected chi connectivity index (χ2v) is 7.02. The Morgan fingerprint density at radius 1 is 1.20 bits per heavy atom. The molecule has 2 unspecified atom stereocenters. The van der Waals surface area contributed by atoms with Crippen molar-refractivity contribution in [2.45, 2.75) is 37.4 Å². The van der Waals surface area contributed by atoms with Crippen molar-refractivity contribution in [2.24, 2.45) is 0 Å². The zero-order valence-electron chi connectivity index (χ0n) is 8.78. The van der Waals surface area contributed by atoms with E-state index in [1.807, 2.05) is 0 Å². The molecule has 0 spiro atoms. The summed E-state index contributed by atoms with van der Waals surface area (Å²) in [5, 5.41) is 0. The molecule has 2 rings (SSSR count). The normalized spacial score (nSPS) is 25.1. The van der Waals surface area contributed by atoms with E-state index in [-0.39, 0.29) is 0 Å². The fraction of sp³-hybridized carbons (Fsp3) is 0.500. The summed E-state index contributed by atoms with van der Waals surface area (Å²) in [6.45, 7) is 4.46. The molecule has 0 amide bonds. The smallest absolute Gasteiger partial charge is 0.0410 e. The van der Waals surface area contributed by atoms with Crippen LogP contribution in [-0.2, 0) is 0 Å². The number of fused-ring (bicyclic) bond motifs is 1. The summed E-state index contributed by atoms with van der Waals surface area (Å²) in [5.74, 6) is 0.653. The zero-order chi connectivity index (χ0) is 11.2. The molecule has 0 saturated heterocycles. The molecule has 3 heteroatoms. The van der Waals surface area contributed by atoms with Crippen molar-refractivity contribution in [2.75, 3.05) is 0 Å². The molecule has 0 bridgehead atoms. The maximum atomic E-state index is 3.78. The number of benzene rings is 1. The van der Waals surface area contributed by atoms with Gasteiger partial charge in [-0.1, -0.05) is 54.7 Å². The topological polar surface area (TPSA) is 0 Å². The Bertz CT molecular complexity index is 398. The Labute approximate surface area is 116 Å². The predicted molar refractivity (Wildman–Crippen MR) is 75.9 cm³/mol. The van der Waals surface area contributed by atoms with Crippen LogP contribution < -0.4 is 0 Å². The third kappa shape index (κ3) is 2.07. The Morgan fingerprint density at radius 3 is 2.53 bits per heavy atom. The molecule has 0 nitrogen and oxygen atoms in total. The van der Waals surface area contributed by atoms with Crippen molar-refractivity contribution in [1.82, 2.24) is 0 Å². The minimum absolute atomic E-state index is 0.495. The van der Waals surface area contributed by atoms with Gasteiger partial charge >= 0.3 is 0 Å². The van der Waals surface area contributed by atoms with E-state index in [4.69, 9.17) is 0 Å². The van der Waals surface area contributed by atoms with Crippen LogP contribution in [0.3, 0.4) is 0 Å². The highest BCUT2D eigenvalue weighted by atomic mass is 79.9. The highest BCUT2D eigenvalue weighted by Crippen LogP contribution is 2.48. The summed E-state index contributed by atoms with van der Waals surface area (Å²) >= 11 is 11.2. The van der Waals surface area contributed by atoms with Crippen molar-refractivity contribution in [3.63, 3.8) is 0 Å². The quantitative estimate of drug-likeness (QED) is 0.482. The van der Waals surface area contributed by atoms with E-state index in [1.54, 1.807) is 0 Å². The first-order valence-corrected chi connectivity index (χ1v) is 7.65. The maximum Gasteiger partial charge on any atom is 0.0410 e. The molecular formula is C12H13Br3. The van der Waals surface area contributed by atoms with Crippen LogP contribution in [-0.4, -0.2) is 0 Å². The van der Waals surface area contributed by atoms with E-state index >= 15 is 0 Å². The fourth-order valence-electron chi connectivity index (χ4n) is 2.28. The molecule has 2 atom stereocenters. The minimum Gasteiger partial charge on any atom is -0.0838 e. The number of hydrogen-bond acceptors (Lipinski definition) is 0. The predicted octanol–water partition coefficient (Wildman–Crippen LogP) is 5.85. The van der Waals surface area contributed by atoms with Gasteiger partial charge in [-0.3, -0.25) is 0 Å². The highest BCUT2D eigenvalue weighted by molar-refractivity contribution is 9.11. The first-order valence-electron chi connectivity index (χ1n) is 5.14. The van der Waals surface area contributed by atoms with Gasteiger partial charge in [0.15, 0.2) is 0 Å². The lowest BCUT2D eigenvalue weighted by Crippen LogP contribution is -2.11. The van der Waals surface area contributed by atoms with E-state index in [9.17, 15) is 0 Å². The Kier molecular flexibility index (Phi) is 3.64. The largest absolute Gasteiger partial charge is 0.0838 e. The van der Waals surface area contributed by atoms with Gasteiger partial charge in [0.2, 0.25) is 0 Å². The molecule has 0 aliphatic heterocycles. The van der Waals surface area contributed by atoms with Crippen LogP contribution in [0, 0.1) is 6.92 Å². The SMILES string of the molecule is Cc1cc(Br)c2c(c1Br)C(Br)CCC2C. The van der Waals surface area contributed by atoms with Crippen LogP contribution in [0.15, 0.2) is 15.0 Å². The Balaban J connectivity index is 2.71. The molecule has 0 N–H and O–H groups in total. The molecule has 1 aromatic rings. The zero-order valence-corrected chi connectivity index (χ0v) is 13.5. The second-order valence-electron chi connectivity index (χ2n) is 4.26. The molecule has 0 heterocycles. The van der Waals surface area contributed by atoms with Gasteiger partial charge in [0, 0.05) is 13.8 Å². The molecule has 15 heavy (non-hydrogen) atoms. The van der Waals surface area contributed by atoms with Crippen molar-refractivity contribution < 1.29 is 0 Å². The van der Waals surface area contributed by atoms with Gasteiger partial charge in [0.05, 0.1) is 0 Å². The maximum absolute atomic E-state index is 3.78. The number of halogens is 3. The molecule has 0 fully saturated rings. The number of hydrogen-bond donors (Lipinski definition) is 0. The van der Waals surface area contributed by atoms with E-state index < -0.39 is 0 Å².